The zero-order chi connectivity index (χ0) is 18.1. The van der Waals surface area contributed by atoms with Gasteiger partial charge in [-0.2, -0.15) is 0 Å². The van der Waals surface area contributed by atoms with Crippen molar-refractivity contribution in [1.82, 2.24) is 5.32 Å². The fourth-order valence-electron chi connectivity index (χ4n) is 3.58. The SMILES string of the molecule is O=C(CN1C(=O)Cc2cc(Cl)ccc21)NCC1OCCc2ccccc21. The second-order valence-electron chi connectivity index (χ2n) is 6.54. The predicted octanol–water partition coefficient (Wildman–Crippen LogP) is 2.66. The highest BCUT2D eigenvalue weighted by Gasteiger charge is 2.29. The molecule has 2 aromatic rings. The molecule has 0 saturated carbocycles. The molecule has 2 amide bonds. The number of fused-ring (bicyclic) bond motifs is 2. The van der Waals surface area contributed by atoms with E-state index in [4.69, 9.17) is 16.3 Å². The molecular formula is C20H19ClN2O3. The molecule has 5 nitrogen and oxygen atoms in total. The number of hydrogen-bond donors (Lipinski definition) is 1. The molecular weight excluding hydrogens is 352 g/mol. The van der Waals surface area contributed by atoms with E-state index in [-0.39, 0.29) is 30.9 Å². The summed E-state index contributed by atoms with van der Waals surface area (Å²) in [5.41, 5.74) is 4.00. The highest BCUT2D eigenvalue weighted by molar-refractivity contribution is 6.31. The van der Waals surface area contributed by atoms with Gasteiger partial charge in [0.2, 0.25) is 11.8 Å². The molecule has 134 valence electrons. The van der Waals surface area contributed by atoms with Crippen LogP contribution in [0.4, 0.5) is 5.69 Å². The molecule has 0 aliphatic carbocycles. The van der Waals surface area contributed by atoms with Crippen molar-refractivity contribution in [1.29, 1.82) is 0 Å². The van der Waals surface area contributed by atoms with Gasteiger partial charge in [-0.15, -0.1) is 0 Å². The van der Waals surface area contributed by atoms with Gasteiger partial charge in [0.1, 0.15) is 12.6 Å². The average molecular weight is 371 g/mol. The number of hydrogen-bond acceptors (Lipinski definition) is 3. The highest BCUT2D eigenvalue weighted by Crippen LogP contribution is 2.31. The molecule has 0 bridgehead atoms. The van der Waals surface area contributed by atoms with Crippen LogP contribution in [0.25, 0.3) is 0 Å². The number of anilines is 1. The second kappa shape index (κ2) is 7.09. The van der Waals surface area contributed by atoms with E-state index in [1.807, 2.05) is 18.2 Å². The number of halogens is 1. The summed E-state index contributed by atoms with van der Waals surface area (Å²) < 4.78 is 5.81. The molecule has 0 radical (unpaired) electrons. The van der Waals surface area contributed by atoms with Gasteiger partial charge in [-0.05, 0) is 41.3 Å². The van der Waals surface area contributed by atoms with Crippen LogP contribution in [0.3, 0.4) is 0 Å². The number of benzene rings is 2. The highest BCUT2D eigenvalue weighted by atomic mass is 35.5. The van der Waals surface area contributed by atoms with Crippen molar-refractivity contribution in [3.05, 3.63) is 64.2 Å². The Kier molecular flexibility index (Phi) is 4.66. The Labute approximate surface area is 156 Å². The molecule has 0 saturated heterocycles. The Morgan fingerprint density at radius 1 is 1.23 bits per heavy atom. The van der Waals surface area contributed by atoms with Gasteiger partial charge in [0.05, 0.1) is 13.0 Å². The molecule has 4 rings (SSSR count). The summed E-state index contributed by atoms with van der Waals surface area (Å²) in [4.78, 5) is 26.1. The number of ether oxygens (including phenoxy) is 1. The van der Waals surface area contributed by atoms with Gasteiger partial charge in [-0.3, -0.25) is 9.59 Å². The van der Waals surface area contributed by atoms with E-state index in [9.17, 15) is 9.59 Å². The first kappa shape index (κ1) is 17.1. The van der Waals surface area contributed by atoms with Crippen LogP contribution in [0, 0.1) is 0 Å². The third-order valence-corrected chi connectivity index (χ3v) is 5.09. The first-order valence-electron chi connectivity index (χ1n) is 8.67. The molecule has 1 atom stereocenters. The summed E-state index contributed by atoms with van der Waals surface area (Å²) in [6, 6.07) is 13.4. The van der Waals surface area contributed by atoms with E-state index in [0.717, 1.165) is 23.2 Å². The van der Waals surface area contributed by atoms with Crippen molar-refractivity contribution in [3.8, 4) is 0 Å². The lowest BCUT2D eigenvalue weighted by Crippen LogP contribution is -2.41. The van der Waals surface area contributed by atoms with Crippen molar-refractivity contribution < 1.29 is 14.3 Å². The number of carbonyl (C=O) groups excluding carboxylic acids is 2. The minimum atomic E-state index is -0.201. The summed E-state index contributed by atoms with van der Waals surface area (Å²) >= 11 is 5.98. The molecule has 2 aromatic carbocycles. The van der Waals surface area contributed by atoms with Crippen LogP contribution in [0.15, 0.2) is 42.5 Å². The lowest BCUT2D eigenvalue weighted by Gasteiger charge is -2.26. The molecule has 2 aliphatic heterocycles. The standard InChI is InChI=1S/C20H19ClN2O3/c21-15-5-6-17-14(9-15)10-20(25)23(17)12-19(24)22-11-18-16-4-2-1-3-13(16)7-8-26-18/h1-6,9,18H,7-8,10-12H2,(H,22,24). The van der Waals surface area contributed by atoms with Gasteiger partial charge in [-0.25, -0.2) is 0 Å². The molecule has 26 heavy (non-hydrogen) atoms. The van der Waals surface area contributed by atoms with E-state index >= 15 is 0 Å². The maximum atomic E-state index is 12.4. The van der Waals surface area contributed by atoms with Crippen LogP contribution in [0.2, 0.25) is 5.02 Å². The molecule has 2 heterocycles. The van der Waals surface area contributed by atoms with Crippen molar-refractivity contribution in [3.63, 3.8) is 0 Å². The third-order valence-electron chi connectivity index (χ3n) is 4.85. The van der Waals surface area contributed by atoms with Gasteiger partial charge < -0.3 is 15.0 Å². The van der Waals surface area contributed by atoms with Crippen LogP contribution < -0.4 is 10.2 Å². The fraction of sp³-hybridized carbons (Fsp3) is 0.300. The molecule has 6 heteroatoms. The molecule has 0 spiro atoms. The normalized spacial score (nSPS) is 18.4. The minimum absolute atomic E-state index is 0.00182. The second-order valence-corrected chi connectivity index (χ2v) is 6.98. The van der Waals surface area contributed by atoms with E-state index in [1.165, 1.54) is 10.5 Å². The number of rotatable bonds is 4. The Morgan fingerprint density at radius 2 is 2.08 bits per heavy atom. The summed E-state index contributed by atoms with van der Waals surface area (Å²) in [7, 11) is 0. The summed E-state index contributed by atoms with van der Waals surface area (Å²) in [5.74, 6) is -0.288. The van der Waals surface area contributed by atoms with Crippen LogP contribution in [0.5, 0.6) is 0 Å². The van der Waals surface area contributed by atoms with Crippen molar-refractivity contribution in [2.45, 2.75) is 18.9 Å². The summed E-state index contributed by atoms with van der Waals surface area (Å²) in [6.07, 6.45) is 1.02. The monoisotopic (exact) mass is 370 g/mol. The van der Waals surface area contributed by atoms with Gasteiger partial charge in [0, 0.05) is 17.3 Å². The number of amides is 2. The molecule has 1 N–H and O–H groups in total. The van der Waals surface area contributed by atoms with E-state index < -0.39 is 0 Å². The first-order valence-corrected chi connectivity index (χ1v) is 9.04. The van der Waals surface area contributed by atoms with E-state index in [1.54, 1.807) is 18.2 Å². The largest absolute Gasteiger partial charge is 0.371 e. The van der Waals surface area contributed by atoms with Crippen LogP contribution in [-0.2, 0) is 27.2 Å². The zero-order valence-corrected chi connectivity index (χ0v) is 15.0. The van der Waals surface area contributed by atoms with E-state index in [0.29, 0.717) is 18.2 Å². The van der Waals surface area contributed by atoms with Crippen LogP contribution >= 0.6 is 11.6 Å². The Bertz CT molecular complexity index is 868. The van der Waals surface area contributed by atoms with Gasteiger partial charge in [0.25, 0.3) is 0 Å². The van der Waals surface area contributed by atoms with Crippen LogP contribution in [0.1, 0.15) is 22.8 Å². The van der Waals surface area contributed by atoms with Gasteiger partial charge in [0.15, 0.2) is 0 Å². The third kappa shape index (κ3) is 3.32. The Morgan fingerprint density at radius 3 is 2.96 bits per heavy atom. The first-order chi connectivity index (χ1) is 12.6. The quantitative estimate of drug-likeness (QED) is 0.900. The van der Waals surface area contributed by atoms with Crippen molar-refractivity contribution >= 4 is 29.1 Å². The topological polar surface area (TPSA) is 58.6 Å². The maximum absolute atomic E-state index is 12.4. The molecule has 0 aromatic heterocycles. The zero-order valence-electron chi connectivity index (χ0n) is 14.2. The molecule has 1 unspecified atom stereocenters. The predicted molar refractivity (Wildman–Crippen MR) is 99.4 cm³/mol. The Hall–Kier alpha value is -2.37. The summed E-state index contributed by atoms with van der Waals surface area (Å²) in [6.45, 7) is 1.05. The minimum Gasteiger partial charge on any atom is -0.371 e. The lowest BCUT2D eigenvalue weighted by molar-refractivity contribution is -0.123. The van der Waals surface area contributed by atoms with Gasteiger partial charge in [-0.1, -0.05) is 35.9 Å². The maximum Gasteiger partial charge on any atom is 0.240 e. The molecule has 2 aliphatic rings. The summed E-state index contributed by atoms with van der Waals surface area (Å²) in [5, 5.41) is 3.49. The van der Waals surface area contributed by atoms with Gasteiger partial charge >= 0.3 is 0 Å². The van der Waals surface area contributed by atoms with E-state index in [2.05, 4.69) is 11.4 Å². The number of nitrogens with zero attached hydrogens (tertiary/aromatic N) is 1. The fourth-order valence-corrected chi connectivity index (χ4v) is 3.77. The Balaban J connectivity index is 1.39. The van der Waals surface area contributed by atoms with Crippen LogP contribution in [-0.4, -0.2) is 31.5 Å². The molecule has 0 fully saturated rings. The van der Waals surface area contributed by atoms with Crippen molar-refractivity contribution in [2.24, 2.45) is 0 Å². The number of nitrogens with one attached hydrogen (secondary N) is 1. The lowest BCUT2D eigenvalue weighted by atomic mass is 9.97. The smallest absolute Gasteiger partial charge is 0.240 e. The number of carbonyl (C=O) groups is 2. The van der Waals surface area contributed by atoms with Crippen molar-refractivity contribution in [2.75, 3.05) is 24.6 Å². The average Bonchev–Trinajstić information content (AvgIpc) is 2.94.